The molecule has 2 aliphatic carbocycles. The van der Waals surface area contributed by atoms with E-state index in [9.17, 15) is 4.79 Å². The minimum absolute atomic E-state index is 0.00199. The predicted octanol–water partition coefficient (Wildman–Crippen LogP) is 3.11. The van der Waals surface area contributed by atoms with Crippen molar-refractivity contribution in [2.24, 2.45) is 7.05 Å². The Bertz CT molecular complexity index is 1460. The van der Waals surface area contributed by atoms with E-state index in [1.807, 2.05) is 18.0 Å². The quantitative estimate of drug-likeness (QED) is 0.514. The lowest BCUT2D eigenvalue weighted by molar-refractivity contribution is -0.0517. The Morgan fingerprint density at radius 2 is 2.06 bits per heavy atom. The highest BCUT2D eigenvalue weighted by Gasteiger charge is 2.43. The van der Waals surface area contributed by atoms with Gasteiger partial charge in [-0.1, -0.05) is 18.2 Å². The molecule has 8 heteroatoms. The number of hydrogen-bond donors (Lipinski definition) is 1. The van der Waals surface area contributed by atoms with Gasteiger partial charge in [0.15, 0.2) is 0 Å². The van der Waals surface area contributed by atoms with Crippen molar-refractivity contribution in [2.45, 2.75) is 37.3 Å². The molecule has 0 radical (unpaired) electrons. The Balaban J connectivity index is 1.29. The van der Waals surface area contributed by atoms with Crippen molar-refractivity contribution in [3.63, 3.8) is 0 Å². The van der Waals surface area contributed by atoms with Crippen LogP contribution in [0.4, 0.5) is 5.82 Å². The molecular weight excluding hydrogens is 416 g/mol. The minimum atomic E-state index is -0.0820. The van der Waals surface area contributed by atoms with Gasteiger partial charge in [-0.3, -0.25) is 9.48 Å². The number of hydrogen-bond acceptors (Lipinski definition) is 6. The number of carbonyl (C=O) groups is 1. The number of rotatable bonds is 2. The molecule has 0 bridgehead atoms. The van der Waals surface area contributed by atoms with Crippen LogP contribution in [-0.4, -0.2) is 49.8 Å². The Hall–Kier alpha value is -3.52. The molecule has 1 aliphatic heterocycles. The van der Waals surface area contributed by atoms with Crippen LogP contribution in [0, 0.1) is 0 Å². The second kappa shape index (κ2) is 6.74. The second-order valence-corrected chi connectivity index (χ2v) is 9.40. The second-order valence-electron chi connectivity index (χ2n) is 9.40. The molecule has 166 valence electrons. The number of pyridine rings is 2. The molecule has 1 saturated heterocycles. The summed E-state index contributed by atoms with van der Waals surface area (Å²) in [5.74, 6) is 1.04. The number of morpholine rings is 1. The molecule has 2 fully saturated rings. The van der Waals surface area contributed by atoms with E-state index in [1.165, 1.54) is 29.5 Å². The molecule has 33 heavy (non-hydrogen) atoms. The fourth-order valence-corrected chi connectivity index (χ4v) is 5.60. The number of nitrogen functional groups attached to an aromatic ring is 1. The number of fused-ring (bicyclic) bond motifs is 6. The zero-order valence-corrected chi connectivity index (χ0v) is 18.4. The summed E-state index contributed by atoms with van der Waals surface area (Å²) in [6.45, 7) is 1.08. The van der Waals surface area contributed by atoms with Crippen molar-refractivity contribution in [2.75, 3.05) is 18.9 Å². The average molecular weight is 441 g/mol. The molecular formula is C25H24N6O2. The zero-order chi connectivity index (χ0) is 22.3. The molecule has 7 rings (SSSR count). The highest BCUT2D eigenvalue weighted by molar-refractivity contribution is 6.09. The highest BCUT2D eigenvalue weighted by Crippen LogP contribution is 2.45. The largest absolute Gasteiger partial charge is 0.383 e. The van der Waals surface area contributed by atoms with Crippen molar-refractivity contribution in [1.82, 2.24) is 24.6 Å². The van der Waals surface area contributed by atoms with E-state index >= 15 is 0 Å². The number of nitrogens with two attached hydrogens (primary N) is 1. The summed E-state index contributed by atoms with van der Waals surface area (Å²) in [6, 6.07) is 8.53. The number of aryl methyl sites for hydroxylation is 1. The van der Waals surface area contributed by atoms with E-state index in [0.29, 0.717) is 36.1 Å². The van der Waals surface area contributed by atoms with Crippen LogP contribution in [0.25, 0.3) is 21.8 Å². The Morgan fingerprint density at radius 1 is 1.18 bits per heavy atom. The first kappa shape index (κ1) is 19.0. The predicted molar refractivity (Wildman–Crippen MR) is 124 cm³/mol. The van der Waals surface area contributed by atoms with E-state index in [1.54, 1.807) is 17.1 Å². The van der Waals surface area contributed by atoms with Gasteiger partial charge < -0.3 is 15.4 Å². The first-order valence-electron chi connectivity index (χ1n) is 11.5. The van der Waals surface area contributed by atoms with E-state index in [-0.39, 0.29) is 18.1 Å². The van der Waals surface area contributed by atoms with Gasteiger partial charge in [-0.15, -0.1) is 0 Å². The lowest BCUT2D eigenvalue weighted by atomic mass is 10.0. The van der Waals surface area contributed by atoms with Crippen LogP contribution < -0.4 is 5.73 Å². The molecule has 2 N–H and O–H groups in total. The molecule has 1 aromatic carbocycles. The molecule has 3 aliphatic rings. The number of ether oxygens (including phenoxy) is 1. The normalized spacial score (nSPS) is 22.0. The number of amides is 1. The van der Waals surface area contributed by atoms with Gasteiger partial charge in [0.05, 0.1) is 47.6 Å². The van der Waals surface area contributed by atoms with Crippen molar-refractivity contribution in [3.05, 3.63) is 59.0 Å². The monoisotopic (exact) mass is 440 g/mol. The molecule has 0 spiro atoms. The molecule has 8 nitrogen and oxygen atoms in total. The third kappa shape index (κ3) is 2.80. The van der Waals surface area contributed by atoms with Gasteiger partial charge in [0.25, 0.3) is 5.91 Å². The molecule has 4 heterocycles. The lowest BCUT2D eigenvalue weighted by Crippen LogP contribution is -2.46. The summed E-state index contributed by atoms with van der Waals surface area (Å²) >= 11 is 0. The smallest absolute Gasteiger partial charge is 0.273 e. The Labute approximate surface area is 190 Å². The van der Waals surface area contributed by atoms with Gasteiger partial charge in [-0.05, 0) is 41.5 Å². The van der Waals surface area contributed by atoms with E-state index in [4.69, 9.17) is 10.5 Å². The summed E-state index contributed by atoms with van der Waals surface area (Å²) in [5, 5.41) is 5.93. The minimum Gasteiger partial charge on any atom is -0.383 e. The fourth-order valence-electron chi connectivity index (χ4n) is 5.60. The number of benzene rings is 1. The molecule has 3 aromatic heterocycles. The molecule has 1 saturated carbocycles. The van der Waals surface area contributed by atoms with E-state index < -0.39 is 0 Å². The third-order valence-electron chi connectivity index (χ3n) is 7.38. The summed E-state index contributed by atoms with van der Waals surface area (Å²) < 4.78 is 7.88. The van der Waals surface area contributed by atoms with E-state index in [0.717, 1.165) is 22.7 Å². The maximum absolute atomic E-state index is 13.7. The van der Waals surface area contributed by atoms with Crippen LogP contribution in [0.15, 0.2) is 36.7 Å². The van der Waals surface area contributed by atoms with Crippen molar-refractivity contribution in [3.8, 4) is 0 Å². The van der Waals surface area contributed by atoms with Crippen LogP contribution in [0.1, 0.15) is 52.0 Å². The van der Waals surface area contributed by atoms with Crippen molar-refractivity contribution in [1.29, 1.82) is 0 Å². The van der Waals surface area contributed by atoms with Crippen LogP contribution in [0.5, 0.6) is 0 Å². The number of nitrogens with zero attached hydrogens (tertiary/aromatic N) is 5. The van der Waals surface area contributed by atoms with Gasteiger partial charge in [0, 0.05) is 25.4 Å². The Kier molecular flexibility index (Phi) is 3.88. The standard InChI is InChI=1S/C25H24N6O2/c1-30-22-17-10-19(27-12-20(17)29-24(26)18(22)11-28-30)25(32)31-6-7-33-21-9-15-8-14(13-2-3-13)4-5-16(15)23(21)31/h4-5,8,10-13,21,23H,2-3,6-7,9H2,1H3,(H2,26,29)/t21-,23+/m1/s1. The molecule has 1 amide bonds. The summed E-state index contributed by atoms with van der Waals surface area (Å²) in [6.07, 6.45) is 6.76. The maximum Gasteiger partial charge on any atom is 0.273 e. The molecule has 2 atom stereocenters. The lowest BCUT2D eigenvalue weighted by Gasteiger charge is -2.38. The van der Waals surface area contributed by atoms with Crippen LogP contribution in [0.3, 0.4) is 0 Å². The highest BCUT2D eigenvalue weighted by atomic mass is 16.5. The van der Waals surface area contributed by atoms with Crippen LogP contribution in [-0.2, 0) is 18.2 Å². The summed E-state index contributed by atoms with van der Waals surface area (Å²) in [7, 11) is 1.86. The average Bonchev–Trinajstić information content (AvgIpc) is 3.50. The Morgan fingerprint density at radius 3 is 2.91 bits per heavy atom. The molecule has 0 unspecified atom stereocenters. The fraction of sp³-hybridized carbons (Fsp3) is 0.360. The van der Waals surface area contributed by atoms with Gasteiger partial charge in [-0.25, -0.2) is 9.97 Å². The zero-order valence-electron chi connectivity index (χ0n) is 18.4. The summed E-state index contributed by atoms with van der Waals surface area (Å²) in [4.78, 5) is 24.6. The first-order valence-corrected chi connectivity index (χ1v) is 11.5. The number of anilines is 1. The van der Waals surface area contributed by atoms with Gasteiger partial charge in [0.1, 0.15) is 11.5 Å². The SMILES string of the molecule is Cn1ncc2c(N)nc3cnc(C(=O)N4CCO[C@@H]5Cc6cc(C7CC7)ccc6[C@@H]54)cc3c21. The number of aromatic nitrogens is 4. The third-order valence-corrected chi connectivity index (χ3v) is 7.38. The summed E-state index contributed by atoms with van der Waals surface area (Å²) in [5.41, 5.74) is 12.0. The van der Waals surface area contributed by atoms with Crippen molar-refractivity contribution < 1.29 is 9.53 Å². The maximum atomic E-state index is 13.7. The van der Waals surface area contributed by atoms with Gasteiger partial charge >= 0.3 is 0 Å². The van der Waals surface area contributed by atoms with Gasteiger partial charge in [0.2, 0.25) is 0 Å². The van der Waals surface area contributed by atoms with Gasteiger partial charge in [-0.2, -0.15) is 5.10 Å². The first-order chi connectivity index (χ1) is 16.1. The van der Waals surface area contributed by atoms with Crippen molar-refractivity contribution >= 4 is 33.5 Å². The van der Waals surface area contributed by atoms with Crippen LogP contribution in [0.2, 0.25) is 0 Å². The van der Waals surface area contributed by atoms with E-state index in [2.05, 4.69) is 33.3 Å². The topological polar surface area (TPSA) is 99.2 Å². The number of carbonyl (C=O) groups excluding carboxylic acids is 1. The van der Waals surface area contributed by atoms with Crippen LogP contribution >= 0.6 is 0 Å². The molecule has 4 aromatic rings.